The van der Waals surface area contributed by atoms with Gasteiger partial charge in [0.1, 0.15) is 18.1 Å². The number of amides is 1. The normalized spacial score (nSPS) is 10.1. The molecule has 0 spiro atoms. The summed E-state index contributed by atoms with van der Waals surface area (Å²) in [6, 6.07) is 0. The Labute approximate surface area is 100 Å². The summed E-state index contributed by atoms with van der Waals surface area (Å²) in [7, 11) is 0. The Hall–Kier alpha value is -1.78. The summed E-state index contributed by atoms with van der Waals surface area (Å²) in [6.07, 6.45) is 0. The smallest absolute Gasteiger partial charge is 0.325 e. The number of ether oxygens (including phenoxy) is 1. The molecule has 1 amide bonds. The van der Waals surface area contributed by atoms with Gasteiger partial charge in [-0.15, -0.1) is 0 Å². The minimum Gasteiger partial charge on any atom is -0.466 e. The minimum atomic E-state index is -0.448. The lowest BCUT2D eigenvalue weighted by atomic mass is 10.1. The molecule has 5 nitrogen and oxygen atoms in total. The van der Waals surface area contributed by atoms with Gasteiger partial charge in [0.15, 0.2) is 0 Å². The Balaban J connectivity index is 2.67. The van der Waals surface area contributed by atoms with Crippen molar-refractivity contribution in [3.05, 3.63) is 22.6 Å². The summed E-state index contributed by atoms with van der Waals surface area (Å²) in [5.41, 5.74) is 1.29. The standard InChI is InChI=1S/C12H17NO4/c1-5-16-10(14)6-13-12(15)11-7(2)8(3)17-9(11)4/h5-6H2,1-4H3,(H,13,15). The molecular formula is C12H17NO4. The number of hydrogen-bond acceptors (Lipinski definition) is 4. The molecule has 0 aliphatic carbocycles. The van der Waals surface area contributed by atoms with Crippen molar-refractivity contribution < 1.29 is 18.7 Å². The molecule has 17 heavy (non-hydrogen) atoms. The topological polar surface area (TPSA) is 68.5 Å². The van der Waals surface area contributed by atoms with Gasteiger partial charge in [0.05, 0.1) is 12.2 Å². The lowest BCUT2D eigenvalue weighted by Gasteiger charge is -2.04. The summed E-state index contributed by atoms with van der Waals surface area (Å²) in [6.45, 7) is 7.22. The first-order valence-corrected chi connectivity index (χ1v) is 5.47. The average Bonchev–Trinajstić information content (AvgIpc) is 2.50. The number of nitrogens with one attached hydrogen (secondary N) is 1. The summed E-state index contributed by atoms with van der Waals surface area (Å²) in [5.74, 6) is 0.506. The quantitative estimate of drug-likeness (QED) is 0.808. The predicted molar refractivity (Wildman–Crippen MR) is 61.9 cm³/mol. The van der Waals surface area contributed by atoms with Crippen molar-refractivity contribution in [3.63, 3.8) is 0 Å². The van der Waals surface area contributed by atoms with E-state index < -0.39 is 5.97 Å². The molecular weight excluding hydrogens is 222 g/mol. The molecule has 0 unspecified atom stereocenters. The number of esters is 1. The van der Waals surface area contributed by atoms with E-state index in [-0.39, 0.29) is 12.5 Å². The maximum atomic E-state index is 11.8. The Morgan fingerprint density at radius 3 is 2.35 bits per heavy atom. The van der Waals surface area contributed by atoms with E-state index in [4.69, 9.17) is 9.15 Å². The van der Waals surface area contributed by atoms with Gasteiger partial charge in [0.25, 0.3) is 5.91 Å². The zero-order chi connectivity index (χ0) is 13.0. The van der Waals surface area contributed by atoms with Crippen LogP contribution in [0, 0.1) is 20.8 Å². The number of carbonyl (C=O) groups is 2. The molecule has 1 aromatic heterocycles. The highest BCUT2D eigenvalue weighted by Gasteiger charge is 2.18. The van der Waals surface area contributed by atoms with E-state index in [0.29, 0.717) is 23.7 Å². The monoisotopic (exact) mass is 239 g/mol. The zero-order valence-electron chi connectivity index (χ0n) is 10.5. The molecule has 0 bridgehead atoms. The number of carbonyl (C=O) groups excluding carboxylic acids is 2. The van der Waals surface area contributed by atoms with Gasteiger partial charge in [-0.2, -0.15) is 0 Å². The molecule has 0 saturated heterocycles. The fourth-order valence-electron chi connectivity index (χ4n) is 1.58. The van der Waals surface area contributed by atoms with Gasteiger partial charge in [-0.05, 0) is 27.7 Å². The van der Waals surface area contributed by atoms with Crippen LogP contribution in [0.2, 0.25) is 0 Å². The highest BCUT2D eigenvalue weighted by atomic mass is 16.5. The number of rotatable bonds is 4. The lowest BCUT2D eigenvalue weighted by molar-refractivity contribution is -0.141. The molecule has 1 aromatic rings. The SMILES string of the molecule is CCOC(=O)CNC(=O)c1c(C)oc(C)c1C. The number of aryl methyl sites for hydroxylation is 2. The second-order valence-corrected chi connectivity index (χ2v) is 3.70. The second kappa shape index (κ2) is 5.52. The molecule has 1 heterocycles. The Morgan fingerprint density at radius 1 is 1.24 bits per heavy atom. The maximum absolute atomic E-state index is 11.8. The third-order valence-electron chi connectivity index (χ3n) is 2.49. The number of hydrogen-bond donors (Lipinski definition) is 1. The largest absolute Gasteiger partial charge is 0.466 e. The van der Waals surface area contributed by atoms with Gasteiger partial charge < -0.3 is 14.5 Å². The van der Waals surface area contributed by atoms with Crippen LogP contribution in [0.1, 0.15) is 34.4 Å². The van der Waals surface area contributed by atoms with E-state index in [9.17, 15) is 9.59 Å². The lowest BCUT2D eigenvalue weighted by Crippen LogP contribution is -2.31. The van der Waals surface area contributed by atoms with Crippen LogP contribution >= 0.6 is 0 Å². The molecule has 1 N–H and O–H groups in total. The van der Waals surface area contributed by atoms with E-state index >= 15 is 0 Å². The highest BCUT2D eigenvalue weighted by molar-refractivity contribution is 5.98. The Bertz CT molecular complexity index is 434. The number of furan rings is 1. The van der Waals surface area contributed by atoms with Crippen molar-refractivity contribution in [1.29, 1.82) is 0 Å². The molecule has 0 aliphatic heterocycles. The van der Waals surface area contributed by atoms with Gasteiger partial charge >= 0.3 is 5.97 Å². The molecule has 94 valence electrons. The molecule has 0 atom stereocenters. The first kappa shape index (κ1) is 13.3. The second-order valence-electron chi connectivity index (χ2n) is 3.70. The van der Waals surface area contributed by atoms with Crippen molar-refractivity contribution in [1.82, 2.24) is 5.32 Å². The first-order valence-electron chi connectivity index (χ1n) is 5.47. The van der Waals surface area contributed by atoms with Gasteiger partial charge in [-0.25, -0.2) is 0 Å². The Morgan fingerprint density at radius 2 is 1.88 bits per heavy atom. The maximum Gasteiger partial charge on any atom is 0.325 e. The van der Waals surface area contributed by atoms with Crippen molar-refractivity contribution in [2.75, 3.05) is 13.2 Å². The molecule has 0 aromatic carbocycles. The first-order chi connectivity index (χ1) is 7.97. The summed E-state index contributed by atoms with van der Waals surface area (Å²) < 4.78 is 10.1. The summed E-state index contributed by atoms with van der Waals surface area (Å²) in [4.78, 5) is 22.9. The van der Waals surface area contributed by atoms with Gasteiger partial charge in [-0.3, -0.25) is 9.59 Å². The third-order valence-corrected chi connectivity index (χ3v) is 2.49. The van der Waals surface area contributed by atoms with Crippen LogP contribution in [0.25, 0.3) is 0 Å². The van der Waals surface area contributed by atoms with Crippen LogP contribution < -0.4 is 5.32 Å². The van der Waals surface area contributed by atoms with Crippen molar-refractivity contribution in [2.45, 2.75) is 27.7 Å². The van der Waals surface area contributed by atoms with Crippen LogP contribution in [0.4, 0.5) is 0 Å². The van der Waals surface area contributed by atoms with Crippen LogP contribution in [-0.2, 0) is 9.53 Å². The van der Waals surface area contributed by atoms with E-state index in [1.807, 2.05) is 6.92 Å². The van der Waals surface area contributed by atoms with Crippen molar-refractivity contribution in [3.8, 4) is 0 Å². The highest BCUT2D eigenvalue weighted by Crippen LogP contribution is 2.20. The summed E-state index contributed by atoms with van der Waals surface area (Å²) >= 11 is 0. The van der Waals surface area contributed by atoms with Gasteiger partial charge in [0.2, 0.25) is 0 Å². The zero-order valence-corrected chi connectivity index (χ0v) is 10.5. The average molecular weight is 239 g/mol. The van der Waals surface area contributed by atoms with Crippen LogP contribution in [0.3, 0.4) is 0 Å². The van der Waals surface area contributed by atoms with Crippen molar-refractivity contribution >= 4 is 11.9 Å². The molecule has 1 rings (SSSR count). The minimum absolute atomic E-state index is 0.129. The predicted octanol–water partition coefficient (Wildman–Crippen LogP) is 1.50. The third kappa shape index (κ3) is 3.09. The van der Waals surface area contributed by atoms with Gasteiger partial charge in [-0.1, -0.05) is 0 Å². The van der Waals surface area contributed by atoms with E-state index in [2.05, 4.69) is 5.32 Å². The van der Waals surface area contributed by atoms with E-state index in [0.717, 1.165) is 5.56 Å². The molecule has 0 fully saturated rings. The van der Waals surface area contributed by atoms with Crippen molar-refractivity contribution in [2.24, 2.45) is 0 Å². The van der Waals surface area contributed by atoms with Crippen LogP contribution in [0.15, 0.2) is 4.42 Å². The Kier molecular flexibility index (Phi) is 4.31. The molecule has 0 radical (unpaired) electrons. The molecule has 0 aliphatic rings. The van der Waals surface area contributed by atoms with Crippen LogP contribution in [-0.4, -0.2) is 25.0 Å². The van der Waals surface area contributed by atoms with Gasteiger partial charge in [0, 0.05) is 5.56 Å². The van der Waals surface area contributed by atoms with Crippen LogP contribution in [0.5, 0.6) is 0 Å². The fraction of sp³-hybridized carbons (Fsp3) is 0.500. The van der Waals surface area contributed by atoms with E-state index in [1.165, 1.54) is 0 Å². The van der Waals surface area contributed by atoms with E-state index in [1.54, 1.807) is 20.8 Å². The summed E-state index contributed by atoms with van der Waals surface area (Å²) in [5, 5.41) is 2.51. The fourth-order valence-corrected chi connectivity index (χ4v) is 1.58. The molecule has 0 saturated carbocycles. The molecule has 5 heteroatoms.